The molecule has 1 saturated heterocycles. The zero-order valence-electron chi connectivity index (χ0n) is 10.9. The Morgan fingerprint density at radius 3 is 2.12 bits per heavy atom. The number of hydrogen-bond acceptors (Lipinski definition) is 2. The summed E-state index contributed by atoms with van der Waals surface area (Å²) < 4.78 is 0.547. The fourth-order valence-corrected chi connectivity index (χ4v) is 2.96. The van der Waals surface area contributed by atoms with Crippen molar-refractivity contribution in [3.05, 3.63) is 0 Å². The van der Waals surface area contributed by atoms with Crippen LogP contribution >= 0.6 is 22.6 Å². The summed E-state index contributed by atoms with van der Waals surface area (Å²) >= 11 is 2.11. The number of halogens is 1. The zero-order valence-corrected chi connectivity index (χ0v) is 13.1. The Hall–Kier alpha value is 0.160. The van der Waals surface area contributed by atoms with Gasteiger partial charge in [-0.15, -0.1) is 0 Å². The number of nitrogens with zero attached hydrogens (tertiary/aromatic N) is 1. The molecule has 1 aliphatic heterocycles. The Balaban J connectivity index is 2.75. The van der Waals surface area contributed by atoms with Gasteiger partial charge in [0.1, 0.15) is 0 Å². The fourth-order valence-electron chi connectivity index (χ4n) is 2.74. The Kier molecular flexibility index (Phi) is 4.27. The monoisotopic (exact) mass is 338 g/mol. The van der Waals surface area contributed by atoms with Crippen molar-refractivity contribution in [1.82, 2.24) is 10.2 Å². The zero-order chi connectivity index (χ0) is 12.6. The van der Waals surface area contributed by atoms with Gasteiger partial charge in [-0.2, -0.15) is 0 Å². The first-order chi connectivity index (χ1) is 7.19. The summed E-state index contributed by atoms with van der Waals surface area (Å²) in [6.45, 7) is 8.99. The highest BCUT2D eigenvalue weighted by atomic mass is 127. The Bertz CT molecular complexity index is 258. The van der Waals surface area contributed by atoms with Crippen LogP contribution in [-0.4, -0.2) is 39.4 Å². The van der Waals surface area contributed by atoms with E-state index in [2.05, 4.69) is 67.6 Å². The molecule has 0 atom stereocenters. The number of likely N-dealkylation sites (tertiary alicyclic amines) is 1. The molecule has 1 fully saturated rings. The molecule has 0 unspecified atom stereocenters. The van der Waals surface area contributed by atoms with Crippen LogP contribution in [0.4, 0.5) is 0 Å². The van der Waals surface area contributed by atoms with E-state index in [4.69, 9.17) is 0 Å². The molecule has 16 heavy (non-hydrogen) atoms. The smallest absolute Gasteiger partial charge is 0.230 e. The van der Waals surface area contributed by atoms with Gasteiger partial charge >= 0.3 is 0 Å². The first-order valence-electron chi connectivity index (χ1n) is 5.78. The van der Waals surface area contributed by atoms with Crippen molar-refractivity contribution in [2.45, 2.75) is 57.7 Å². The standard InChI is InChI=1S/C12H23IN2O/c1-11(2)6-9(14-10(16)8-13)7-12(3,4)15(11)5/h9H,6-8H2,1-5H3,(H,14,16). The van der Waals surface area contributed by atoms with Crippen LogP contribution in [0.15, 0.2) is 0 Å². The van der Waals surface area contributed by atoms with Crippen molar-refractivity contribution in [3.63, 3.8) is 0 Å². The molecule has 0 aromatic rings. The molecule has 0 saturated carbocycles. The highest BCUT2D eigenvalue weighted by Crippen LogP contribution is 2.36. The van der Waals surface area contributed by atoms with Crippen LogP contribution in [0.25, 0.3) is 0 Å². The molecule has 0 radical (unpaired) electrons. The van der Waals surface area contributed by atoms with E-state index < -0.39 is 0 Å². The number of alkyl halides is 1. The second-order valence-electron chi connectivity index (χ2n) is 5.99. The number of amides is 1. The number of nitrogens with one attached hydrogen (secondary N) is 1. The van der Waals surface area contributed by atoms with Gasteiger partial charge in [0.25, 0.3) is 0 Å². The van der Waals surface area contributed by atoms with Crippen LogP contribution < -0.4 is 5.32 Å². The van der Waals surface area contributed by atoms with Gasteiger partial charge in [0, 0.05) is 17.1 Å². The lowest BCUT2D eigenvalue weighted by molar-refractivity contribution is -0.120. The molecule has 3 nitrogen and oxygen atoms in total. The van der Waals surface area contributed by atoms with Gasteiger partial charge in [-0.25, -0.2) is 0 Å². The highest BCUT2D eigenvalue weighted by Gasteiger charge is 2.43. The Morgan fingerprint density at radius 1 is 1.31 bits per heavy atom. The van der Waals surface area contributed by atoms with Gasteiger partial charge in [0.2, 0.25) is 5.91 Å². The SMILES string of the molecule is CN1C(C)(C)CC(NC(=O)CI)CC1(C)C. The van der Waals surface area contributed by atoms with Crippen molar-refractivity contribution in [1.29, 1.82) is 0 Å². The molecule has 94 valence electrons. The second-order valence-corrected chi connectivity index (χ2v) is 6.75. The van der Waals surface area contributed by atoms with Gasteiger partial charge in [-0.05, 0) is 47.6 Å². The maximum atomic E-state index is 11.5. The summed E-state index contributed by atoms with van der Waals surface area (Å²) in [5.74, 6) is 0.154. The molecule has 0 aromatic heterocycles. The molecular formula is C12H23IN2O. The molecule has 1 amide bonds. The van der Waals surface area contributed by atoms with E-state index in [9.17, 15) is 4.79 Å². The Morgan fingerprint density at radius 2 is 1.75 bits per heavy atom. The minimum atomic E-state index is 0.144. The lowest BCUT2D eigenvalue weighted by atomic mass is 9.77. The minimum Gasteiger partial charge on any atom is -0.353 e. The third-order valence-corrected chi connectivity index (χ3v) is 4.49. The summed E-state index contributed by atoms with van der Waals surface area (Å²) in [5.41, 5.74) is 0.288. The molecule has 0 aromatic carbocycles. The predicted molar refractivity (Wildman–Crippen MR) is 76.0 cm³/mol. The molecule has 4 heteroatoms. The summed E-state index contributed by atoms with van der Waals surface area (Å²) in [5, 5.41) is 3.13. The van der Waals surface area contributed by atoms with Crippen molar-refractivity contribution >= 4 is 28.5 Å². The van der Waals surface area contributed by atoms with E-state index >= 15 is 0 Å². The van der Waals surface area contributed by atoms with Crippen molar-refractivity contribution in [3.8, 4) is 0 Å². The first-order valence-corrected chi connectivity index (χ1v) is 7.31. The van der Waals surface area contributed by atoms with E-state index in [1.165, 1.54) is 0 Å². The topological polar surface area (TPSA) is 32.3 Å². The lowest BCUT2D eigenvalue weighted by Gasteiger charge is -2.53. The minimum absolute atomic E-state index is 0.144. The summed E-state index contributed by atoms with van der Waals surface area (Å²) in [7, 11) is 2.18. The summed E-state index contributed by atoms with van der Waals surface area (Å²) in [6, 6.07) is 0.309. The van der Waals surface area contributed by atoms with Crippen molar-refractivity contribution < 1.29 is 4.79 Å². The lowest BCUT2D eigenvalue weighted by Crippen LogP contribution is -2.62. The third kappa shape index (κ3) is 3.09. The molecule has 1 N–H and O–H groups in total. The molecule has 1 rings (SSSR count). The molecular weight excluding hydrogens is 315 g/mol. The van der Waals surface area contributed by atoms with Crippen LogP contribution in [0.3, 0.4) is 0 Å². The average molecular weight is 338 g/mol. The maximum absolute atomic E-state index is 11.5. The van der Waals surface area contributed by atoms with Crippen LogP contribution in [0, 0.1) is 0 Å². The maximum Gasteiger partial charge on any atom is 0.230 e. The van der Waals surface area contributed by atoms with Crippen LogP contribution in [-0.2, 0) is 4.79 Å². The third-order valence-electron chi connectivity index (χ3n) is 3.79. The number of carbonyl (C=O) groups excluding carboxylic acids is 1. The molecule has 0 aliphatic carbocycles. The van der Waals surface area contributed by atoms with E-state index in [1.807, 2.05) is 0 Å². The largest absolute Gasteiger partial charge is 0.353 e. The molecule has 0 spiro atoms. The summed E-state index contributed by atoms with van der Waals surface area (Å²) in [4.78, 5) is 13.9. The van der Waals surface area contributed by atoms with Crippen LogP contribution in [0.1, 0.15) is 40.5 Å². The molecule has 1 heterocycles. The second kappa shape index (κ2) is 4.80. The molecule has 0 bridgehead atoms. The Labute approximate surface area is 112 Å². The van der Waals surface area contributed by atoms with Crippen molar-refractivity contribution in [2.75, 3.05) is 11.5 Å². The normalized spacial score (nSPS) is 25.4. The highest BCUT2D eigenvalue weighted by molar-refractivity contribution is 14.1. The van der Waals surface area contributed by atoms with E-state index in [1.54, 1.807) is 0 Å². The fraction of sp³-hybridized carbons (Fsp3) is 0.917. The van der Waals surface area contributed by atoms with Crippen molar-refractivity contribution in [2.24, 2.45) is 0 Å². The van der Waals surface area contributed by atoms with Gasteiger partial charge in [0.05, 0.1) is 4.43 Å². The number of rotatable bonds is 2. The van der Waals surface area contributed by atoms with Gasteiger partial charge in [-0.3, -0.25) is 9.69 Å². The molecule has 1 aliphatic rings. The van der Waals surface area contributed by atoms with E-state index in [0.29, 0.717) is 10.5 Å². The summed E-state index contributed by atoms with van der Waals surface area (Å²) in [6.07, 6.45) is 2.05. The van der Waals surface area contributed by atoms with Crippen LogP contribution in [0.5, 0.6) is 0 Å². The average Bonchev–Trinajstić information content (AvgIpc) is 2.13. The van der Waals surface area contributed by atoms with E-state index in [-0.39, 0.29) is 17.0 Å². The van der Waals surface area contributed by atoms with E-state index in [0.717, 1.165) is 12.8 Å². The van der Waals surface area contributed by atoms with Gasteiger partial charge in [0.15, 0.2) is 0 Å². The number of hydrogen-bond donors (Lipinski definition) is 1. The van der Waals surface area contributed by atoms with Gasteiger partial charge in [-0.1, -0.05) is 22.6 Å². The predicted octanol–water partition coefficient (Wildman–Crippen LogP) is 2.19. The first kappa shape index (κ1) is 14.2. The van der Waals surface area contributed by atoms with Gasteiger partial charge < -0.3 is 5.32 Å². The quantitative estimate of drug-likeness (QED) is 0.618. The number of carbonyl (C=O) groups is 1. The number of piperidine rings is 1. The van der Waals surface area contributed by atoms with Crippen LogP contribution in [0.2, 0.25) is 0 Å².